The fourth-order valence-corrected chi connectivity index (χ4v) is 5.76. The molecule has 206 valence electrons. The molecule has 4 atom stereocenters. The van der Waals surface area contributed by atoms with Crippen molar-refractivity contribution in [2.24, 2.45) is 0 Å². The molecule has 1 aliphatic rings. The van der Waals surface area contributed by atoms with Gasteiger partial charge >= 0.3 is 0 Å². The van der Waals surface area contributed by atoms with Crippen LogP contribution in [0.4, 0.5) is 10.1 Å². The number of fused-ring (bicyclic) bond motifs is 1. The number of thiazole rings is 1. The van der Waals surface area contributed by atoms with E-state index in [4.69, 9.17) is 4.74 Å². The minimum Gasteiger partial charge on any atom is -0.394 e. The van der Waals surface area contributed by atoms with E-state index in [0.29, 0.717) is 17.1 Å². The van der Waals surface area contributed by atoms with E-state index in [1.54, 1.807) is 28.3 Å². The number of aliphatic hydroxyl groups excluding tert-OH is 2. The van der Waals surface area contributed by atoms with Gasteiger partial charge in [0.05, 0.1) is 45.4 Å². The molecule has 0 saturated carbocycles. The molecule has 1 fully saturated rings. The van der Waals surface area contributed by atoms with Crippen molar-refractivity contribution in [3.8, 4) is 16.9 Å². The Morgan fingerprint density at radius 2 is 2.12 bits per heavy atom. The summed E-state index contributed by atoms with van der Waals surface area (Å²) in [5, 5.41) is 37.2. The number of rotatable bonds is 6. The van der Waals surface area contributed by atoms with Crippen molar-refractivity contribution in [2.75, 3.05) is 11.9 Å². The molecule has 5 aromatic rings. The molecule has 6 rings (SSSR count). The highest BCUT2D eigenvalue weighted by molar-refractivity contribution is 7.18. The summed E-state index contributed by atoms with van der Waals surface area (Å²) in [5.74, 6) is -0.485. The van der Waals surface area contributed by atoms with Gasteiger partial charge in [-0.2, -0.15) is 5.10 Å². The van der Waals surface area contributed by atoms with Crippen LogP contribution in [0, 0.1) is 12.7 Å². The second-order valence-corrected chi connectivity index (χ2v) is 10.7. The number of nitrogens with one attached hydrogen (secondary N) is 1. The highest BCUT2D eigenvalue weighted by Crippen LogP contribution is 2.38. The molecule has 0 spiro atoms. The van der Waals surface area contributed by atoms with E-state index < -0.39 is 36.8 Å². The van der Waals surface area contributed by atoms with Gasteiger partial charge in [-0.15, -0.1) is 16.4 Å². The molecule has 40 heavy (non-hydrogen) atoms. The molecular weight excluding hydrogens is 539 g/mol. The second-order valence-electron chi connectivity index (χ2n) is 9.51. The average molecular weight is 565 g/mol. The quantitative estimate of drug-likeness (QED) is 0.282. The number of aliphatic hydroxyl groups is 2. The average Bonchev–Trinajstić information content (AvgIpc) is 3.68. The minimum absolute atomic E-state index is 0.0610. The Balaban J connectivity index is 1.29. The molecular formula is C26H25FN8O4S. The third kappa shape index (κ3) is 4.86. The summed E-state index contributed by atoms with van der Waals surface area (Å²) < 4.78 is 24.8. The van der Waals surface area contributed by atoms with Crippen molar-refractivity contribution in [1.82, 2.24) is 34.7 Å². The lowest BCUT2D eigenvalue weighted by Gasteiger charge is -2.38. The van der Waals surface area contributed by atoms with Crippen LogP contribution >= 0.6 is 11.3 Å². The van der Waals surface area contributed by atoms with Crippen LogP contribution in [0.25, 0.3) is 27.2 Å². The van der Waals surface area contributed by atoms with Crippen LogP contribution < -0.4 is 5.32 Å². The van der Waals surface area contributed by atoms with Gasteiger partial charge in [-0.05, 0) is 37.3 Å². The Hall–Kier alpha value is -4.11. The zero-order valence-electron chi connectivity index (χ0n) is 21.5. The van der Waals surface area contributed by atoms with Crippen molar-refractivity contribution >= 4 is 33.1 Å². The first-order chi connectivity index (χ1) is 19.3. The Labute approximate surface area is 231 Å². The second kappa shape index (κ2) is 10.5. The van der Waals surface area contributed by atoms with Gasteiger partial charge in [-0.3, -0.25) is 4.79 Å². The number of carbonyl (C=O) groups is 1. The Morgan fingerprint density at radius 3 is 2.90 bits per heavy atom. The summed E-state index contributed by atoms with van der Waals surface area (Å²) in [6.07, 6.45) is 0.653. The van der Waals surface area contributed by atoms with Crippen LogP contribution in [-0.2, 0) is 9.53 Å². The maximum Gasteiger partial charge on any atom is 0.221 e. The highest BCUT2D eigenvalue weighted by atomic mass is 32.1. The van der Waals surface area contributed by atoms with Crippen molar-refractivity contribution < 1.29 is 24.1 Å². The third-order valence-corrected chi connectivity index (χ3v) is 7.69. The van der Waals surface area contributed by atoms with Gasteiger partial charge in [0.25, 0.3) is 0 Å². The number of nitrogens with zero attached hydrogens (tertiary/aromatic N) is 7. The van der Waals surface area contributed by atoms with Crippen LogP contribution in [0.15, 0.2) is 48.9 Å². The van der Waals surface area contributed by atoms with Crippen LogP contribution in [0.2, 0.25) is 0 Å². The van der Waals surface area contributed by atoms with Gasteiger partial charge in [-0.1, -0.05) is 11.3 Å². The summed E-state index contributed by atoms with van der Waals surface area (Å²) in [6.45, 7) is 2.83. The lowest BCUT2D eigenvalue weighted by atomic mass is 9.95. The van der Waals surface area contributed by atoms with Crippen molar-refractivity contribution in [3.63, 3.8) is 0 Å². The first kappa shape index (κ1) is 26.1. The molecule has 3 aromatic heterocycles. The monoisotopic (exact) mass is 564 g/mol. The van der Waals surface area contributed by atoms with Gasteiger partial charge < -0.3 is 20.3 Å². The van der Waals surface area contributed by atoms with Crippen LogP contribution in [0.5, 0.6) is 0 Å². The number of benzene rings is 2. The number of anilines is 1. The Morgan fingerprint density at radius 1 is 1.27 bits per heavy atom. The lowest BCUT2D eigenvalue weighted by molar-refractivity contribution is -0.161. The predicted molar refractivity (Wildman–Crippen MR) is 143 cm³/mol. The van der Waals surface area contributed by atoms with E-state index in [2.05, 4.69) is 30.7 Å². The number of carbonyl (C=O) groups excluding carboxylic acids is 1. The normalized spacial score (nSPS) is 21.1. The van der Waals surface area contributed by atoms with Crippen LogP contribution in [-0.4, -0.2) is 69.7 Å². The maximum atomic E-state index is 14.5. The number of hydrogen-bond acceptors (Lipinski definition) is 10. The molecule has 12 nitrogen and oxygen atoms in total. The van der Waals surface area contributed by atoms with Crippen molar-refractivity contribution in [1.29, 1.82) is 0 Å². The molecule has 14 heteroatoms. The van der Waals surface area contributed by atoms with Gasteiger partial charge in [0.15, 0.2) is 5.82 Å². The minimum atomic E-state index is -1.09. The fourth-order valence-electron chi connectivity index (χ4n) is 4.90. The molecule has 1 saturated heterocycles. The summed E-state index contributed by atoms with van der Waals surface area (Å²) in [5.41, 5.74) is 2.56. The summed E-state index contributed by atoms with van der Waals surface area (Å²) in [7, 11) is 0. The number of aryl methyl sites for hydroxylation is 1. The number of aromatic nitrogens is 7. The Bertz CT molecular complexity index is 1700. The number of ether oxygens (including phenoxy) is 1. The third-order valence-electron chi connectivity index (χ3n) is 6.76. The van der Waals surface area contributed by atoms with Gasteiger partial charge in [0.1, 0.15) is 36.2 Å². The predicted octanol–water partition coefficient (Wildman–Crippen LogP) is 2.97. The van der Waals surface area contributed by atoms with E-state index in [1.807, 2.05) is 25.1 Å². The first-order valence-corrected chi connectivity index (χ1v) is 13.3. The zero-order valence-corrected chi connectivity index (χ0v) is 22.3. The van der Waals surface area contributed by atoms with Crippen LogP contribution in [0.1, 0.15) is 36.3 Å². The standard InChI is InChI=1S/C26H25FN8O4S/c1-13(37)30-18-5-3-15(7-17(18)27)20-10-34(33-32-20)21-9-22(39-23(11-36)25(21)38)26-28-12-29-35(26)16-4-6-19-24(8-16)40-14(2)31-19/h3-8,10,12,21-23,25,36,38H,9,11H2,1-2H3,(H,30,37)/t21-,22-,23-,25-/m1/s1. The number of halogens is 1. The maximum absolute atomic E-state index is 14.5. The first-order valence-electron chi connectivity index (χ1n) is 12.5. The largest absolute Gasteiger partial charge is 0.394 e. The van der Waals surface area contributed by atoms with E-state index in [-0.39, 0.29) is 18.0 Å². The summed E-state index contributed by atoms with van der Waals surface area (Å²) in [6, 6.07) is 9.50. The Kier molecular flexibility index (Phi) is 6.83. The summed E-state index contributed by atoms with van der Waals surface area (Å²) in [4.78, 5) is 20.2. The molecule has 1 aliphatic heterocycles. The smallest absolute Gasteiger partial charge is 0.221 e. The molecule has 0 radical (unpaired) electrons. The van der Waals surface area contributed by atoms with Crippen molar-refractivity contribution in [2.45, 2.75) is 44.6 Å². The van der Waals surface area contributed by atoms with Gasteiger partial charge in [0, 0.05) is 18.9 Å². The van der Waals surface area contributed by atoms with E-state index in [0.717, 1.165) is 20.9 Å². The molecule has 3 N–H and O–H groups in total. The van der Waals surface area contributed by atoms with Gasteiger partial charge in [-0.25, -0.2) is 23.7 Å². The van der Waals surface area contributed by atoms with Gasteiger partial charge in [0.2, 0.25) is 5.91 Å². The number of hydrogen-bond donors (Lipinski definition) is 3. The van der Waals surface area contributed by atoms with E-state index >= 15 is 0 Å². The zero-order chi connectivity index (χ0) is 28.0. The molecule has 4 heterocycles. The molecule has 2 aromatic carbocycles. The topological polar surface area (TPSA) is 153 Å². The lowest BCUT2D eigenvalue weighted by Crippen LogP contribution is -2.45. The van der Waals surface area contributed by atoms with Crippen LogP contribution in [0.3, 0.4) is 0 Å². The molecule has 0 bridgehead atoms. The highest BCUT2D eigenvalue weighted by Gasteiger charge is 2.41. The summed E-state index contributed by atoms with van der Waals surface area (Å²) >= 11 is 1.58. The molecule has 1 amide bonds. The molecule has 0 unspecified atom stereocenters. The number of amides is 1. The SMILES string of the molecule is CC(=O)Nc1ccc(-c2cn([C@@H]3C[C@H](c4ncnn4-c4ccc5nc(C)sc5c4)O[C@H](CO)[C@@H]3O)nn2)cc1F. The molecule has 0 aliphatic carbocycles. The van der Waals surface area contributed by atoms with Crippen molar-refractivity contribution in [3.05, 3.63) is 65.6 Å². The van der Waals surface area contributed by atoms with E-state index in [9.17, 15) is 19.4 Å². The van der Waals surface area contributed by atoms with E-state index in [1.165, 1.54) is 30.1 Å². The fraction of sp³-hybridized carbons (Fsp3) is 0.308.